The van der Waals surface area contributed by atoms with Crippen molar-refractivity contribution in [3.8, 4) is 0 Å². The number of hydrogen-bond acceptors (Lipinski definition) is 8. The number of aliphatic hydroxyl groups is 1. The zero-order valence-electron chi connectivity index (χ0n) is 12.5. The quantitative estimate of drug-likeness (QED) is 0.246. The fourth-order valence-electron chi connectivity index (χ4n) is 1.20. The molecule has 0 rings (SSSR count). The molecular formula is C11H15K2NO7. The van der Waals surface area contributed by atoms with Crippen molar-refractivity contribution in [2.24, 2.45) is 0 Å². The van der Waals surface area contributed by atoms with Crippen LogP contribution in [-0.4, -0.2) is 60.3 Å². The average molecular weight is 351 g/mol. The molecule has 0 aliphatic rings. The van der Waals surface area contributed by atoms with Crippen LogP contribution in [0.25, 0.3) is 0 Å². The molecule has 0 bridgehead atoms. The molecule has 0 aromatic heterocycles. The first-order chi connectivity index (χ1) is 8.72. The van der Waals surface area contributed by atoms with Gasteiger partial charge in [0.15, 0.2) is 0 Å². The number of carboxylic acid groups (broad SMARTS) is 2. The van der Waals surface area contributed by atoms with Gasteiger partial charge >= 0.3 is 109 Å². The Hall–Kier alpha value is 1.34. The van der Waals surface area contributed by atoms with E-state index in [1.165, 1.54) is 6.92 Å². The third-order valence-electron chi connectivity index (χ3n) is 1.93. The van der Waals surface area contributed by atoms with E-state index in [-0.39, 0.29) is 115 Å². The Bertz CT molecular complexity index is 360. The molecule has 10 heteroatoms. The van der Waals surface area contributed by atoms with Gasteiger partial charge in [-0.15, -0.1) is 0 Å². The number of nitrogens with zero attached hydrogens (tertiary/aromatic N) is 1. The van der Waals surface area contributed by atoms with Gasteiger partial charge in [0, 0.05) is 25.2 Å². The van der Waals surface area contributed by atoms with E-state index < -0.39 is 43.7 Å². The van der Waals surface area contributed by atoms with Crippen LogP contribution in [0.1, 0.15) is 6.92 Å². The van der Waals surface area contributed by atoms with Crippen molar-refractivity contribution in [1.29, 1.82) is 0 Å². The molecule has 0 aromatic carbocycles. The molecule has 0 fully saturated rings. The third-order valence-corrected chi connectivity index (χ3v) is 1.93. The van der Waals surface area contributed by atoms with Gasteiger partial charge in [-0.2, -0.15) is 0 Å². The Morgan fingerprint density at radius 1 is 1.19 bits per heavy atom. The summed E-state index contributed by atoms with van der Waals surface area (Å²) in [5.41, 5.74) is 0.147. The average Bonchev–Trinajstić information content (AvgIpc) is 2.23. The van der Waals surface area contributed by atoms with E-state index in [1.807, 2.05) is 0 Å². The molecule has 0 aromatic rings. The van der Waals surface area contributed by atoms with Crippen LogP contribution in [0.4, 0.5) is 0 Å². The van der Waals surface area contributed by atoms with Gasteiger partial charge in [-0.25, -0.2) is 4.79 Å². The molecule has 0 radical (unpaired) electrons. The number of hydrogen-bond donors (Lipinski definition) is 1. The van der Waals surface area contributed by atoms with Gasteiger partial charge in [-0.3, -0.25) is 4.90 Å². The monoisotopic (exact) mass is 351 g/mol. The first-order valence-electron chi connectivity index (χ1n) is 5.35. The van der Waals surface area contributed by atoms with Crippen molar-refractivity contribution in [2.45, 2.75) is 13.0 Å². The summed E-state index contributed by atoms with van der Waals surface area (Å²) >= 11 is 0. The van der Waals surface area contributed by atoms with E-state index >= 15 is 0 Å². The molecule has 0 saturated carbocycles. The number of aliphatic carboxylic acids is 2. The first kappa shape index (κ1) is 27.2. The predicted molar refractivity (Wildman–Crippen MR) is 58.2 cm³/mol. The van der Waals surface area contributed by atoms with Gasteiger partial charge in [0.25, 0.3) is 0 Å². The summed E-state index contributed by atoms with van der Waals surface area (Å²) in [5, 5.41) is 30.3. The van der Waals surface area contributed by atoms with E-state index in [0.29, 0.717) is 0 Å². The Kier molecular flexibility index (Phi) is 19.3. The summed E-state index contributed by atoms with van der Waals surface area (Å²) in [7, 11) is 0. The molecule has 0 amide bonds. The second-order valence-corrected chi connectivity index (χ2v) is 3.95. The molecule has 1 N–H and O–H groups in total. The summed E-state index contributed by atoms with van der Waals surface area (Å²) in [5.74, 6) is -3.69. The molecule has 1 unspecified atom stereocenters. The van der Waals surface area contributed by atoms with E-state index in [9.17, 15) is 29.7 Å². The van der Waals surface area contributed by atoms with Crippen molar-refractivity contribution >= 4 is 17.9 Å². The Morgan fingerprint density at radius 3 is 1.95 bits per heavy atom. The smallest absolute Gasteiger partial charge is 0.549 e. The molecule has 8 nitrogen and oxygen atoms in total. The topological polar surface area (TPSA) is 130 Å². The van der Waals surface area contributed by atoms with Crippen LogP contribution in [0.15, 0.2) is 12.2 Å². The maximum Gasteiger partial charge on any atom is 1.00 e. The Labute approximate surface area is 207 Å². The van der Waals surface area contributed by atoms with Gasteiger partial charge in [-0.1, -0.05) is 6.58 Å². The van der Waals surface area contributed by atoms with Crippen LogP contribution in [0, 0.1) is 0 Å². The van der Waals surface area contributed by atoms with Crippen LogP contribution in [0.2, 0.25) is 0 Å². The standard InChI is InChI=1S/C11H17NO7.2K/c1-7(2)11(18)19-6-8(13)3-12(4-9(14)15)5-10(16)17;;/h8,13H,1,3-6H2,2H3,(H,14,15)(H,16,17);;/q;2*+1/p-2. The molecule has 0 spiro atoms. The van der Waals surface area contributed by atoms with E-state index in [1.54, 1.807) is 0 Å². The molecular weight excluding hydrogens is 336 g/mol. The number of rotatable bonds is 9. The first-order valence-corrected chi connectivity index (χ1v) is 5.35. The van der Waals surface area contributed by atoms with Crippen molar-refractivity contribution in [3.05, 3.63) is 12.2 Å². The zero-order chi connectivity index (χ0) is 15.0. The van der Waals surface area contributed by atoms with E-state index in [4.69, 9.17) is 0 Å². The number of carbonyl (C=O) groups excluding carboxylic acids is 3. The maximum absolute atomic E-state index is 11.0. The second-order valence-electron chi connectivity index (χ2n) is 3.95. The molecule has 0 aliphatic heterocycles. The molecule has 108 valence electrons. The molecule has 0 saturated heterocycles. The van der Waals surface area contributed by atoms with Crippen LogP contribution < -0.4 is 113 Å². The number of esters is 1. The predicted octanol–water partition coefficient (Wildman–Crippen LogP) is -9.72. The Morgan fingerprint density at radius 2 is 1.62 bits per heavy atom. The number of ether oxygens (including phenoxy) is 1. The van der Waals surface area contributed by atoms with Gasteiger partial charge in [0.2, 0.25) is 0 Å². The van der Waals surface area contributed by atoms with Gasteiger partial charge in [0.1, 0.15) is 12.7 Å². The maximum atomic E-state index is 11.0. The van der Waals surface area contributed by atoms with Crippen LogP contribution in [0.3, 0.4) is 0 Å². The van der Waals surface area contributed by atoms with Gasteiger partial charge < -0.3 is 29.6 Å². The van der Waals surface area contributed by atoms with Crippen molar-refractivity contribution in [2.75, 3.05) is 26.2 Å². The minimum absolute atomic E-state index is 0. The Balaban J connectivity index is -0.00000162. The largest absolute Gasteiger partial charge is 1.00 e. The van der Waals surface area contributed by atoms with E-state index in [0.717, 1.165) is 4.90 Å². The third kappa shape index (κ3) is 16.0. The van der Waals surface area contributed by atoms with Crippen molar-refractivity contribution in [1.82, 2.24) is 4.90 Å². The molecule has 21 heavy (non-hydrogen) atoms. The summed E-state index contributed by atoms with van der Waals surface area (Å²) < 4.78 is 4.63. The second kappa shape index (κ2) is 14.9. The SMILES string of the molecule is C=C(C)C(=O)OCC(O)CN(CC(=O)[O-])CC(=O)[O-].[K+].[K+]. The zero-order valence-corrected chi connectivity index (χ0v) is 18.7. The van der Waals surface area contributed by atoms with Crippen molar-refractivity contribution < 1.29 is 137 Å². The number of aliphatic hydroxyl groups excluding tert-OH is 1. The van der Waals surface area contributed by atoms with Crippen molar-refractivity contribution in [3.63, 3.8) is 0 Å². The normalized spacial score (nSPS) is 10.8. The summed E-state index contributed by atoms with van der Waals surface area (Å²) in [6, 6.07) is 0. The van der Waals surface area contributed by atoms with Gasteiger partial charge in [-0.05, 0) is 6.92 Å². The minimum atomic E-state index is -1.49. The molecule has 1 atom stereocenters. The minimum Gasteiger partial charge on any atom is -0.549 e. The fraction of sp³-hybridized carbons (Fsp3) is 0.545. The summed E-state index contributed by atoms with van der Waals surface area (Å²) in [6.45, 7) is 2.68. The van der Waals surface area contributed by atoms with Gasteiger partial charge in [0.05, 0.1) is 11.9 Å². The van der Waals surface area contributed by atoms with Crippen LogP contribution >= 0.6 is 0 Å². The fourth-order valence-corrected chi connectivity index (χ4v) is 1.20. The van der Waals surface area contributed by atoms with E-state index in [2.05, 4.69) is 11.3 Å². The molecule has 0 aliphatic carbocycles. The summed E-state index contributed by atoms with van der Waals surface area (Å²) in [4.78, 5) is 32.7. The summed E-state index contributed by atoms with van der Waals surface area (Å²) in [6.07, 6.45) is -1.23. The number of carbonyl (C=O) groups is 3. The van der Waals surface area contributed by atoms with Crippen LogP contribution in [-0.2, 0) is 19.1 Å². The molecule has 0 heterocycles. The number of carboxylic acids is 2. The van der Waals surface area contributed by atoms with Crippen LogP contribution in [0.5, 0.6) is 0 Å².